The van der Waals surface area contributed by atoms with Crippen LogP contribution in [0.15, 0.2) is 29.2 Å². The van der Waals surface area contributed by atoms with Crippen molar-refractivity contribution in [3.63, 3.8) is 0 Å². The van der Waals surface area contributed by atoms with Crippen LogP contribution in [-0.2, 0) is 14.8 Å². The predicted octanol–water partition coefficient (Wildman–Crippen LogP) is 2.24. The van der Waals surface area contributed by atoms with Crippen LogP contribution in [0.25, 0.3) is 0 Å². The topological polar surface area (TPSA) is 69.7 Å². The van der Waals surface area contributed by atoms with Crippen molar-refractivity contribution in [2.24, 2.45) is 17.8 Å². The van der Waals surface area contributed by atoms with Crippen LogP contribution >= 0.6 is 0 Å². The molecule has 3 fully saturated rings. The molecule has 0 unspecified atom stereocenters. The van der Waals surface area contributed by atoms with Gasteiger partial charge in [-0.3, -0.25) is 4.79 Å². The minimum absolute atomic E-state index is 0.0578. The van der Waals surface area contributed by atoms with E-state index in [1.165, 1.54) is 0 Å². The predicted molar refractivity (Wildman–Crippen MR) is 113 cm³/mol. The quantitative estimate of drug-likeness (QED) is 0.795. The smallest absolute Gasteiger partial charge is 0.243 e. The molecule has 7 heteroatoms. The number of aryl methyl sites for hydroxylation is 1. The van der Waals surface area contributed by atoms with Gasteiger partial charge in [0.05, 0.1) is 10.8 Å². The molecule has 29 heavy (non-hydrogen) atoms. The van der Waals surface area contributed by atoms with Gasteiger partial charge in [-0.25, -0.2) is 8.42 Å². The lowest BCUT2D eigenvalue weighted by Crippen LogP contribution is -2.56. The minimum atomic E-state index is -3.48. The molecule has 0 aliphatic carbocycles. The molecule has 6 nitrogen and oxygen atoms in total. The standard InChI is InChI=1S/C22H33N3O3S/c1-16(2)8-11-24-14-19-20(15-24)22(23-21(19)26)9-12-25(13-10-22)29(27,28)18-6-4-17(3)5-7-18/h4-7,16,19-20H,8-15H2,1-3H3,(H,23,26)/t19-,20+/m1/s1. The number of nitrogens with one attached hydrogen (secondary N) is 1. The number of likely N-dealkylation sites (tertiary alicyclic amines) is 1. The second kappa shape index (κ2) is 7.67. The van der Waals surface area contributed by atoms with Crippen LogP contribution in [0.3, 0.4) is 0 Å². The van der Waals surface area contributed by atoms with E-state index in [2.05, 4.69) is 24.1 Å². The fourth-order valence-corrected chi connectivity index (χ4v) is 6.69. The van der Waals surface area contributed by atoms with E-state index in [1.807, 2.05) is 19.1 Å². The Balaban J connectivity index is 1.44. The van der Waals surface area contributed by atoms with Crippen LogP contribution in [0.1, 0.15) is 38.7 Å². The van der Waals surface area contributed by atoms with E-state index in [0.29, 0.717) is 42.7 Å². The maximum absolute atomic E-state index is 13.0. The summed E-state index contributed by atoms with van der Waals surface area (Å²) in [6.07, 6.45) is 2.54. The Labute approximate surface area is 174 Å². The molecular weight excluding hydrogens is 386 g/mol. The van der Waals surface area contributed by atoms with Crippen molar-refractivity contribution in [3.8, 4) is 0 Å². The third-order valence-electron chi connectivity index (χ3n) is 7.11. The largest absolute Gasteiger partial charge is 0.350 e. The third kappa shape index (κ3) is 3.84. The number of amides is 1. The van der Waals surface area contributed by atoms with Gasteiger partial charge in [-0.1, -0.05) is 31.5 Å². The lowest BCUT2D eigenvalue weighted by atomic mass is 9.76. The number of carbonyl (C=O) groups is 1. The van der Waals surface area contributed by atoms with Gasteiger partial charge in [0.25, 0.3) is 0 Å². The van der Waals surface area contributed by atoms with E-state index in [-0.39, 0.29) is 17.4 Å². The highest BCUT2D eigenvalue weighted by Gasteiger charge is 2.57. The molecule has 0 saturated carbocycles. The molecule has 2 atom stereocenters. The molecule has 0 bridgehead atoms. The molecular formula is C22H33N3O3S. The summed E-state index contributed by atoms with van der Waals surface area (Å²) < 4.78 is 27.6. The Morgan fingerprint density at radius 2 is 1.79 bits per heavy atom. The van der Waals surface area contributed by atoms with Crippen molar-refractivity contribution in [2.75, 3.05) is 32.7 Å². The van der Waals surface area contributed by atoms with Crippen molar-refractivity contribution >= 4 is 15.9 Å². The Hall–Kier alpha value is -1.44. The van der Waals surface area contributed by atoms with Gasteiger partial charge in [-0.2, -0.15) is 4.31 Å². The lowest BCUT2D eigenvalue weighted by molar-refractivity contribution is -0.123. The van der Waals surface area contributed by atoms with Crippen molar-refractivity contribution in [3.05, 3.63) is 29.8 Å². The van der Waals surface area contributed by atoms with Gasteiger partial charge in [0, 0.05) is 37.6 Å². The number of rotatable bonds is 5. The number of sulfonamides is 1. The summed E-state index contributed by atoms with van der Waals surface area (Å²) in [6.45, 7) is 10.2. The first-order valence-corrected chi connectivity index (χ1v) is 12.3. The molecule has 1 aromatic rings. The fourth-order valence-electron chi connectivity index (χ4n) is 5.25. The van der Waals surface area contributed by atoms with E-state index < -0.39 is 10.0 Å². The molecule has 3 aliphatic heterocycles. The maximum atomic E-state index is 13.0. The first-order chi connectivity index (χ1) is 13.7. The highest BCUT2D eigenvalue weighted by atomic mass is 32.2. The summed E-state index contributed by atoms with van der Waals surface area (Å²) in [7, 11) is -3.48. The van der Waals surface area contributed by atoms with Gasteiger partial charge in [-0.15, -0.1) is 0 Å². The molecule has 1 aromatic carbocycles. The summed E-state index contributed by atoms with van der Waals surface area (Å²) in [5, 5.41) is 3.29. The van der Waals surface area contributed by atoms with Crippen LogP contribution < -0.4 is 5.32 Å². The lowest BCUT2D eigenvalue weighted by Gasteiger charge is -2.42. The molecule has 1 N–H and O–H groups in total. The molecule has 4 rings (SSSR count). The summed E-state index contributed by atoms with van der Waals surface area (Å²) in [4.78, 5) is 15.5. The molecule has 1 amide bonds. The number of hydrogen-bond donors (Lipinski definition) is 1. The summed E-state index contributed by atoms with van der Waals surface area (Å²) in [5.74, 6) is 1.18. The van der Waals surface area contributed by atoms with Gasteiger partial charge in [0.2, 0.25) is 15.9 Å². The van der Waals surface area contributed by atoms with Crippen molar-refractivity contribution < 1.29 is 13.2 Å². The number of benzene rings is 1. The van der Waals surface area contributed by atoms with Crippen molar-refractivity contribution in [1.82, 2.24) is 14.5 Å². The fraction of sp³-hybridized carbons (Fsp3) is 0.682. The van der Waals surface area contributed by atoms with Crippen molar-refractivity contribution in [1.29, 1.82) is 0 Å². The van der Waals surface area contributed by atoms with Crippen LogP contribution in [0.2, 0.25) is 0 Å². The maximum Gasteiger partial charge on any atom is 0.243 e. The summed E-state index contributed by atoms with van der Waals surface area (Å²) >= 11 is 0. The monoisotopic (exact) mass is 419 g/mol. The molecule has 0 aromatic heterocycles. The Morgan fingerprint density at radius 1 is 1.14 bits per heavy atom. The third-order valence-corrected chi connectivity index (χ3v) is 9.02. The van der Waals surface area contributed by atoms with Crippen LogP contribution in [0.4, 0.5) is 0 Å². The number of fused-ring (bicyclic) bond motifs is 2. The van der Waals surface area contributed by atoms with Crippen LogP contribution in [0, 0.1) is 24.7 Å². The molecule has 3 aliphatic rings. The van der Waals surface area contributed by atoms with Crippen molar-refractivity contribution in [2.45, 2.75) is 50.5 Å². The Bertz CT molecular complexity index is 858. The minimum Gasteiger partial charge on any atom is -0.350 e. The molecule has 3 saturated heterocycles. The van der Waals surface area contributed by atoms with Gasteiger partial charge in [-0.05, 0) is 50.8 Å². The van der Waals surface area contributed by atoms with E-state index in [4.69, 9.17) is 0 Å². The first-order valence-electron chi connectivity index (χ1n) is 10.8. The molecule has 1 spiro atoms. The number of nitrogens with zero attached hydrogens (tertiary/aromatic N) is 2. The highest BCUT2D eigenvalue weighted by molar-refractivity contribution is 7.89. The summed E-state index contributed by atoms with van der Waals surface area (Å²) in [6, 6.07) is 7.05. The Morgan fingerprint density at radius 3 is 2.41 bits per heavy atom. The average Bonchev–Trinajstić information content (AvgIpc) is 3.21. The zero-order valence-corrected chi connectivity index (χ0v) is 18.5. The van der Waals surface area contributed by atoms with Gasteiger partial charge < -0.3 is 10.2 Å². The second-order valence-electron chi connectivity index (χ2n) is 9.52. The zero-order chi connectivity index (χ0) is 20.8. The average molecular weight is 420 g/mol. The van der Waals surface area contributed by atoms with Crippen LogP contribution in [-0.4, -0.2) is 61.8 Å². The highest BCUT2D eigenvalue weighted by Crippen LogP contribution is 2.44. The van der Waals surface area contributed by atoms with E-state index in [9.17, 15) is 13.2 Å². The number of hydrogen-bond acceptors (Lipinski definition) is 4. The van der Waals surface area contributed by atoms with Gasteiger partial charge in [0.15, 0.2) is 0 Å². The number of carbonyl (C=O) groups excluding carboxylic acids is 1. The summed E-state index contributed by atoms with van der Waals surface area (Å²) in [5.41, 5.74) is 0.803. The van der Waals surface area contributed by atoms with E-state index in [1.54, 1.807) is 16.4 Å². The van der Waals surface area contributed by atoms with Gasteiger partial charge >= 0.3 is 0 Å². The normalized spacial score (nSPS) is 27.5. The first kappa shape index (κ1) is 20.8. The number of piperidine rings is 1. The van der Waals surface area contributed by atoms with E-state index in [0.717, 1.165) is 31.6 Å². The SMILES string of the molecule is Cc1ccc(S(=O)(=O)N2CCC3(CC2)NC(=O)[C@@H]2CN(CCC(C)C)C[C@@H]23)cc1. The van der Waals surface area contributed by atoms with Crippen LogP contribution in [0.5, 0.6) is 0 Å². The Kier molecular flexibility index (Phi) is 5.51. The van der Waals surface area contributed by atoms with E-state index >= 15 is 0 Å². The molecule has 160 valence electrons. The molecule has 0 radical (unpaired) electrons. The zero-order valence-electron chi connectivity index (χ0n) is 17.7. The van der Waals surface area contributed by atoms with Gasteiger partial charge in [0.1, 0.15) is 0 Å². The second-order valence-corrected chi connectivity index (χ2v) is 11.5. The molecule has 3 heterocycles.